The Morgan fingerprint density at radius 3 is 2.48 bits per heavy atom. The number of rotatable bonds is 1. The molecule has 2 rings (SSSR count). The van der Waals surface area contributed by atoms with Crippen LogP contribution in [0.1, 0.15) is 43.6 Å². The smallest absolute Gasteiger partial charge is 0.410 e. The van der Waals surface area contributed by atoms with Gasteiger partial charge in [-0.25, -0.2) is 9.18 Å². The van der Waals surface area contributed by atoms with E-state index >= 15 is 0 Å². The number of benzene rings is 1. The van der Waals surface area contributed by atoms with Crippen LogP contribution in [0, 0.1) is 12.7 Å². The average molecular weight is 415 g/mol. The second-order valence-electron chi connectivity index (χ2n) is 7.36. The summed E-state index contributed by atoms with van der Waals surface area (Å²) in [5, 5.41) is 0. The van der Waals surface area contributed by atoms with Crippen molar-refractivity contribution in [2.45, 2.75) is 46.3 Å². The van der Waals surface area contributed by atoms with Crippen molar-refractivity contribution in [2.75, 3.05) is 19.6 Å². The van der Waals surface area contributed by atoms with Gasteiger partial charge in [0.1, 0.15) is 11.4 Å². The first kappa shape index (κ1) is 19.7. The number of carbonyl (C=O) groups excluding carboxylic acids is 2. The molecule has 25 heavy (non-hydrogen) atoms. The van der Waals surface area contributed by atoms with Gasteiger partial charge in [0.15, 0.2) is 0 Å². The molecule has 0 spiro atoms. The zero-order valence-electron chi connectivity index (χ0n) is 15.2. The summed E-state index contributed by atoms with van der Waals surface area (Å²) >= 11 is 3.26. The number of aryl methyl sites for hydroxylation is 1. The summed E-state index contributed by atoms with van der Waals surface area (Å²) in [5.41, 5.74) is 0.286. The number of carbonyl (C=O) groups is 2. The molecule has 0 bridgehead atoms. The van der Waals surface area contributed by atoms with Crippen LogP contribution in [0.15, 0.2) is 16.6 Å². The molecule has 0 aromatic heterocycles. The largest absolute Gasteiger partial charge is 0.444 e. The third-order valence-electron chi connectivity index (χ3n) is 4.02. The van der Waals surface area contributed by atoms with E-state index in [4.69, 9.17) is 4.74 Å². The molecule has 0 aliphatic carbocycles. The number of ether oxygens (including phenoxy) is 1. The van der Waals surface area contributed by atoms with E-state index in [1.165, 1.54) is 6.07 Å². The van der Waals surface area contributed by atoms with Crippen molar-refractivity contribution in [3.63, 3.8) is 0 Å². The number of piperazine rings is 1. The van der Waals surface area contributed by atoms with Crippen LogP contribution in [0.25, 0.3) is 0 Å². The first-order chi connectivity index (χ1) is 11.5. The lowest BCUT2D eigenvalue weighted by molar-refractivity contribution is 0.00607. The molecule has 7 heteroatoms. The lowest BCUT2D eigenvalue weighted by Gasteiger charge is -2.40. The summed E-state index contributed by atoms with van der Waals surface area (Å²) in [6, 6.07) is 2.64. The zero-order valence-corrected chi connectivity index (χ0v) is 16.8. The van der Waals surface area contributed by atoms with Crippen LogP contribution in [-0.4, -0.2) is 53.1 Å². The van der Waals surface area contributed by atoms with Crippen molar-refractivity contribution < 1.29 is 18.7 Å². The van der Waals surface area contributed by atoms with E-state index in [9.17, 15) is 14.0 Å². The molecular weight excluding hydrogens is 391 g/mol. The Balaban J connectivity index is 2.10. The molecule has 1 aromatic rings. The quantitative estimate of drug-likeness (QED) is 0.698. The van der Waals surface area contributed by atoms with Crippen LogP contribution in [-0.2, 0) is 4.74 Å². The fourth-order valence-electron chi connectivity index (χ4n) is 2.73. The average Bonchev–Trinajstić information content (AvgIpc) is 2.48. The molecule has 1 aliphatic heterocycles. The van der Waals surface area contributed by atoms with Crippen LogP contribution in [0.2, 0.25) is 0 Å². The zero-order chi connectivity index (χ0) is 18.9. The minimum atomic E-state index is -0.564. The molecule has 1 atom stereocenters. The van der Waals surface area contributed by atoms with E-state index in [1.807, 2.05) is 34.6 Å². The third kappa shape index (κ3) is 4.71. The highest BCUT2D eigenvalue weighted by molar-refractivity contribution is 9.10. The van der Waals surface area contributed by atoms with Crippen LogP contribution < -0.4 is 0 Å². The lowest BCUT2D eigenvalue weighted by atomic mass is 10.1. The molecule has 5 nitrogen and oxygen atoms in total. The van der Waals surface area contributed by atoms with Crippen molar-refractivity contribution in [1.29, 1.82) is 0 Å². The first-order valence-electron chi connectivity index (χ1n) is 8.24. The fourth-order valence-corrected chi connectivity index (χ4v) is 3.04. The summed E-state index contributed by atoms with van der Waals surface area (Å²) in [6.07, 6.45) is -0.392. The Morgan fingerprint density at radius 1 is 1.28 bits per heavy atom. The second-order valence-corrected chi connectivity index (χ2v) is 8.21. The number of hydrogen-bond acceptors (Lipinski definition) is 3. The van der Waals surface area contributed by atoms with Crippen molar-refractivity contribution in [1.82, 2.24) is 9.80 Å². The normalized spacial score (nSPS) is 18.3. The molecular formula is C18H24BrFN2O3. The minimum absolute atomic E-state index is 0.0540. The van der Waals surface area contributed by atoms with Gasteiger partial charge in [-0.3, -0.25) is 4.79 Å². The highest BCUT2D eigenvalue weighted by Crippen LogP contribution is 2.23. The molecule has 1 saturated heterocycles. The van der Waals surface area contributed by atoms with E-state index in [0.717, 1.165) is 5.56 Å². The molecule has 138 valence electrons. The molecule has 2 amide bonds. The van der Waals surface area contributed by atoms with Gasteiger partial charge in [0.2, 0.25) is 0 Å². The first-order valence-corrected chi connectivity index (χ1v) is 9.03. The summed E-state index contributed by atoms with van der Waals surface area (Å²) in [7, 11) is 0. The molecule has 0 unspecified atom stereocenters. The summed E-state index contributed by atoms with van der Waals surface area (Å²) in [5.74, 6) is -0.909. The van der Waals surface area contributed by atoms with Gasteiger partial charge in [0.25, 0.3) is 5.91 Å². The molecule has 1 aliphatic rings. The highest BCUT2D eigenvalue weighted by atomic mass is 79.9. The van der Waals surface area contributed by atoms with Crippen LogP contribution in [0.3, 0.4) is 0 Å². The van der Waals surface area contributed by atoms with E-state index in [-0.39, 0.29) is 17.5 Å². The Bertz CT molecular complexity index is 688. The van der Waals surface area contributed by atoms with Gasteiger partial charge in [0, 0.05) is 30.1 Å². The van der Waals surface area contributed by atoms with Gasteiger partial charge < -0.3 is 14.5 Å². The number of halogens is 2. The maximum Gasteiger partial charge on any atom is 0.410 e. The Hall–Kier alpha value is -1.63. The molecule has 1 fully saturated rings. The van der Waals surface area contributed by atoms with Crippen molar-refractivity contribution in [2.24, 2.45) is 0 Å². The third-order valence-corrected chi connectivity index (χ3v) is 4.87. The number of amides is 2. The van der Waals surface area contributed by atoms with Gasteiger partial charge in [-0.15, -0.1) is 0 Å². The number of nitrogens with zero attached hydrogens (tertiary/aromatic N) is 2. The van der Waals surface area contributed by atoms with Crippen molar-refractivity contribution in [3.05, 3.63) is 33.5 Å². The predicted molar refractivity (Wildman–Crippen MR) is 97.1 cm³/mol. The van der Waals surface area contributed by atoms with Crippen molar-refractivity contribution in [3.8, 4) is 0 Å². The number of hydrogen-bond donors (Lipinski definition) is 0. The van der Waals surface area contributed by atoms with Crippen LogP contribution in [0.5, 0.6) is 0 Å². The summed E-state index contributed by atoms with van der Waals surface area (Å²) in [4.78, 5) is 28.1. The van der Waals surface area contributed by atoms with Crippen molar-refractivity contribution >= 4 is 27.9 Å². The van der Waals surface area contributed by atoms with E-state index < -0.39 is 17.5 Å². The highest BCUT2D eigenvalue weighted by Gasteiger charge is 2.33. The van der Waals surface area contributed by atoms with Crippen LogP contribution >= 0.6 is 15.9 Å². The maximum absolute atomic E-state index is 14.2. The topological polar surface area (TPSA) is 49.9 Å². The van der Waals surface area contributed by atoms with E-state index in [0.29, 0.717) is 24.1 Å². The van der Waals surface area contributed by atoms with Gasteiger partial charge in [-0.05, 0) is 52.3 Å². The SMILES string of the molecule is Cc1cc(C(=O)N2CCN(C(=O)OC(C)(C)C)C[C@H]2C)c(F)cc1Br. The van der Waals surface area contributed by atoms with Gasteiger partial charge >= 0.3 is 6.09 Å². The molecule has 0 saturated carbocycles. The Kier molecular flexibility index (Phi) is 5.76. The molecule has 0 N–H and O–H groups in total. The standard InChI is InChI=1S/C18H24BrFN2O3/c1-11-8-13(15(20)9-14(11)19)16(23)22-7-6-21(10-12(22)2)17(24)25-18(3,4)5/h8-9,12H,6-7,10H2,1-5H3/t12-/m1/s1. The molecule has 1 heterocycles. The summed E-state index contributed by atoms with van der Waals surface area (Å²) < 4.78 is 20.2. The van der Waals surface area contributed by atoms with E-state index in [1.54, 1.807) is 15.9 Å². The minimum Gasteiger partial charge on any atom is -0.444 e. The molecule has 1 aromatic carbocycles. The molecule has 0 radical (unpaired) electrons. The van der Waals surface area contributed by atoms with Crippen LogP contribution in [0.4, 0.5) is 9.18 Å². The monoisotopic (exact) mass is 414 g/mol. The van der Waals surface area contributed by atoms with E-state index in [2.05, 4.69) is 15.9 Å². The Labute approximate surface area is 156 Å². The fraction of sp³-hybridized carbons (Fsp3) is 0.556. The van der Waals surface area contributed by atoms with Gasteiger partial charge in [-0.2, -0.15) is 0 Å². The van der Waals surface area contributed by atoms with Gasteiger partial charge in [-0.1, -0.05) is 15.9 Å². The summed E-state index contributed by atoms with van der Waals surface area (Å²) in [6.45, 7) is 10.2. The van der Waals surface area contributed by atoms with Gasteiger partial charge in [0.05, 0.1) is 5.56 Å². The predicted octanol–water partition coefficient (Wildman–Crippen LogP) is 3.98. The Morgan fingerprint density at radius 2 is 1.92 bits per heavy atom. The maximum atomic E-state index is 14.2. The second kappa shape index (κ2) is 7.32. The lowest BCUT2D eigenvalue weighted by Crippen LogP contribution is -2.56.